The first-order chi connectivity index (χ1) is 8.26. The summed E-state index contributed by atoms with van der Waals surface area (Å²) in [6, 6.07) is 5.85. The minimum absolute atomic E-state index is 0.163. The van der Waals surface area contributed by atoms with Gasteiger partial charge in [0, 0.05) is 12.0 Å². The summed E-state index contributed by atoms with van der Waals surface area (Å²) in [5.74, 6) is 1.73. The summed E-state index contributed by atoms with van der Waals surface area (Å²) in [6.07, 6.45) is 4.01. The highest BCUT2D eigenvalue weighted by Crippen LogP contribution is 2.40. The van der Waals surface area contributed by atoms with Gasteiger partial charge in [-0.25, -0.2) is 0 Å². The smallest absolute Gasteiger partial charge is 0.165 e. The number of methoxy groups -OCH3 is 1. The molecule has 0 N–H and O–H groups in total. The molecular formula is C14H18O3. The van der Waals surface area contributed by atoms with Crippen LogP contribution in [0, 0.1) is 0 Å². The van der Waals surface area contributed by atoms with Crippen LogP contribution in [0.25, 0.3) is 0 Å². The van der Waals surface area contributed by atoms with Crippen molar-refractivity contribution < 1.29 is 14.3 Å². The standard InChI is InChI=1S/C14H18O3/c1-10(8-9-15)12-4-3-5-13(16-2)14(12)17-11-6-7-11/h3-5,9-11H,6-8H2,1-2H3. The van der Waals surface area contributed by atoms with E-state index in [2.05, 4.69) is 0 Å². The van der Waals surface area contributed by atoms with Gasteiger partial charge in [0.05, 0.1) is 13.2 Å². The van der Waals surface area contributed by atoms with Gasteiger partial charge in [0.2, 0.25) is 0 Å². The molecule has 1 aromatic carbocycles. The first-order valence-electron chi connectivity index (χ1n) is 6.03. The molecular weight excluding hydrogens is 216 g/mol. The highest BCUT2D eigenvalue weighted by atomic mass is 16.5. The van der Waals surface area contributed by atoms with Crippen molar-refractivity contribution in [2.45, 2.75) is 38.2 Å². The summed E-state index contributed by atoms with van der Waals surface area (Å²) in [5, 5.41) is 0. The zero-order valence-corrected chi connectivity index (χ0v) is 10.3. The number of carbonyl (C=O) groups is 1. The van der Waals surface area contributed by atoms with Crippen LogP contribution in [0.3, 0.4) is 0 Å². The molecule has 0 aliphatic heterocycles. The molecule has 1 saturated carbocycles. The maximum atomic E-state index is 10.6. The van der Waals surface area contributed by atoms with E-state index in [0.29, 0.717) is 12.5 Å². The summed E-state index contributed by atoms with van der Waals surface area (Å²) in [4.78, 5) is 10.6. The van der Waals surface area contributed by atoms with E-state index in [9.17, 15) is 4.79 Å². The van der Waals surface area contributed by atoms with E-state index in [1.807, 2.05) is 25.1 Å². The third-order valence-corrected chi connectivity index (χ3v) is 3.02. The van der Waals surface area contributed by atoms with Gasteiger partial charge in [-0.05, 0) is 24.8 Å². The average Bonchev–Trinajstić information content (AvgIpc) is 3.13. The SMILES string of the molecule is COc1cccc(C(C)CC=O)c1OC1CC1. The van der Waals surface area contributed by atoms with E-state index in [1.54, 1.807) is 7.11 Å². The van der Waals surface area contributed by atoms with Gasteiger partial charge in [-0.1, -0.05) is 19.1 Å². The van der Waals surface area contributed by atoms with Crippen LogP contribution in [0.4, 0.5) is 0 Å². The third-order valence-electron chi connectivity index (χ3n) is 3.02. The quantitative estimate of drug-likeness (QED) is 0.710. The maximum absolute atomic E-state index is 10.6. The average molecular weight is 234 g/mol. The van der Waals surface area contributed by atoms with E-state index in [-0.39, 0.29) is 5.92 Å². The second-order valence-electron chi connectivity index (χ2n) is 4.50. The van der Waals surface area contributed by atoms with Gasteiger partial charge >= 0.3 is 0 Å². The van der Waals surface area contributed by atoms with E-state index in [1.165, 1.54) is 0 Å². The van der Waals surface area contributed by atoms with Crippen LogP contribution in [0.2, 0.25) is 0 Å². The Bertz CT molecular complexity index is 396. The van der Waals surface area contributed by atoms with Gasteiger partial charge in [0.25, 0.3) is 0 Å². The summed E-state index contributed by atoms with van der Waals surface area (Å²) < 4.78 is 11.2. The summed E-state index contributed by atoms with van der Waals surface area (Å²) in [6.45, 7) is 2.03. The van der Waals surface area contributed by atoms with E-state index < -0.39 is 0 Å². The van der Waals surface area contributed by atoms with Crippen LogP contribution in [0.15, 0.2) is 18.2 Å². The highest BCUT2D eigenvalue weighted by Gasteiger charge is 2.27. The number of hydrogen-bond acceptors (Lipinski definition) is 3. The first-order valence-corrected chi connectivity index (χ1v) is 6.03. The second-order valence-corrected chi connectivity index (χ2v) is 4.50. The molecule has 1 aliphatic carbocycles. The van der Waals surface area contributed by atoms with E-state index in [4.69, 9.17) is 9.47 Å². The van der Waals surface area contributed by atoms with Crippen molar-refractivity contribution >= 4 is 6.29 Å². The molecule has 1 aliphatic rings. The lowest BCUT2D eigenvalue weighted by atomic mass is 9.97. The zero-order chi connectivity index (χ0) is 12.3. The minimum atomic E-state index is 0.163. The lowest BCUT2D eigenvalue weighted by Gasteiger charge is -2.17. The molecule has 3 heteroatoms. The Kier molecular flexibility index (Phi) is 3.67. The predicted octanol–water partition coefficient (Wildman–Crippen LogP) is 2.93. The van der Waals surface area contributed by atoms with Crippen molar-refractivity contribution in [1.82, 2.24) is 0 Å². The summed E-state index contributed by atoms with van der Waals surface area (Å²) in [5.41, 5.74) is 1.06. The molecule has 0 bridgehead atoms. The van der Waals surface area contributed by atoms with Crippen molar-refractivity contribution in [2.75, 3.05) is 7.11 Å². The molecule has 0 heterocycles. The van der Waals surface area contributed by atoms with E-state index in [0.717, 1.165) is 36.2 Å². The highest BCUT2D eigenvalue weighted by molar-refractivity contribution is 5.55. The molecule has 0 amide bonds. The minimum Gasteiger partial charge on any atom is -0.493 e. The van der Waals surface area contributed by atoms with Crippen LogP contribution in [-0.4, -0.2) is 19.5 Å². The van der Waals surface area contributed by atoms with Crippen molar-refractivity contribution in [3.05, 3.63) is 23.8 Å². The van der Waals surface area contributed by atoms with Gasteiger partial charge < -0.3 is 14.3 Å². The predicted molar refractivity (Wildman–Crippen MR) is 65.7 cm³/mol. The molecule has 92 valence electrons. The van der Waals surface area contributed by atoms with Gasteiger partial charge in [-0.2, -0.15) is 0 Å². The monoisotopic (exact) mass is 234 g/mol. The molecule has 17 heavy (non-hydrogen) atoms. The van der Waals surface area contributed by atoms with Crippen LogP contribution in [-0.2, 0) is 4.79 Å². The largest absolute Gasteiger partial charge is 0.493 e. The Hall–Kier alpha value is -1.51. The molecule has 1 aromatic rings. The van der Waals surface area contributed by atoms with Crippen molar-refractivity contribution in [2.24, 2.45) is 0 Å². The topological polar surface area (TPSA) is 35.5 Å². The molecule has 3 nitrogen and oxygen atoms in total. The fourth-order valence-electron chi connectivity index (χ4n) is 1.83. The van der Waals surface area contributed by atoms with E-state index >= 15 is 0 Å². The lowest BCUT2D eigenvalue weighted by Crippen LogP contribution is -2.04. The number of benzene rings is 1. The number of ether oxygens (including phenoxy) is 2. The summed E-state index contributed by atoms with van der Waals surface area (Å²) >= 11 is 0. The first kappa shape index (κ1) is 12.0. The Morgan fingerprint density at radius 3 is 2.82 bits per heavy atom. The fourth-order valence-corrected chi connectivity index (χ4v) is 1.83. The van der Waals surface area contributed by atoms with Gasteiger partial charge in [0.15, 0.2) is 11.5 Å². The van der Waals surface area contributed by atoms with Gasteiger partial charge in [-0.3, -0.25) is 0 Å². The number of aldehydes is 1. The summed E-state index contributed by atoms with van der Waals surface area (Å²) in [7, 11) is 1.64. The van der Waals surface area contributed by atoms with Crippen LogP contribution >= 0.6 is 0 Å². The Labute approximate surface area is 102 Å². The second kappa shape index (κ2) is 5.21. The van der Waals surface area contributed by atoms with Gasteiger partial charge in [-0.15, -0.1) is 0 Å². The maximum Gasteiger partial charge on any atom is 0.165 e. The molecule has 1 fully saturated rings. The number of para-hydroxylation sites is 1. The van der Waals surface area contributed by atoms with Crippen molar-refractivity contribution in [1.29, 1.82) is 0 Å². The number of hydrogen-bond donors (Lipinski definition) is 0. The molecule has 1 atom stereocenters. The Morgan fingerprint density at radius 2 is 2.24 bits per heavy atom. The van der Waals surface area contributed by atoms with Gasteiger partial charge in [0.1, 0.15) is 6.29 Å². The molecule has 0 radical (unpaired) electrons. The molecule has 0 spiro atoms. The third kappa shape index (κ3) is 2.78. The van der Waals surface area contributed by atoms with Crippen LogP contribution < -0.4 is 9.47 Å². The number of carbonyl (C=O) groups excluding carboxylic acids is 1. The molecule has 2 rings (SSSR count). The van der Waals surface area contributed by atoms with Crippen molar-refractivity contribution in [3.8, 4) is 11.5 Å². The van der Waals surface area contributed by atoms with Crippen LogP contribution in [0.1, 0.15) is 37.7 Å². The Balaban J connectivity index is 2.30. The van der Waals surface area contributed by atoms with Crippen LogP contribution in [0.5, 0.6) is 11.5 Å². The molecule has 1 unspecified atom stereocenters. The number of rotatable bonds is 6. The van der Waals surface area contributed by atoms with Crippen molar-refractivity contribution in [3.63, 3.8) is 0 Å². The lowest BCUT2D eigenvalue weighted by molar-refractivity contribution is -0.108. The Morgan fingerprint density at radius 1 is 1.47 bits per heavy atom. The molecule has 0 saturated heterocycles. The normalized spacial score (nSPS) is 16.4. The zero-order valence-electron chi connectivity index (χ0n) is 10.3. The molecule has 0 aromatic heterocycles. The fraction of sp³-hybridized carbons (Fsp3) is 0.500.